The second-order valence-electron chi connectivity index (χ2n) is 7.64. The molecule has 3 unspecified atom stereocenters. The van der Waals surface area contributed by atoms with E-state index in [0.717, 1.165) is 17.7 Å². The average Bonchev–Trinajstić information content (AvgIpc) is 2.34. The SMILES string of the molecule is BC1CCCC2/C(=N\C(C)C)N(C(C)C)CCC2CC1. The molecule has 2 nitrogen and oxygen atoms in total. The Bertz CT molecular complexity index is 338. The van der Waals surface area contributed by atoms with Crippen LogP contribution in [0.15, 0.2) is 4.99 Å². The number of piperidine rings is 1. The predicted octanol–water partition coefficient (Wildman–Crippen LogP) is 3.53. The van der Waals surface area contributed by atoms with Gasteiger partial charge in [-0.15, -0.1) is 0 Å². The number of amidine groups is 1. The van der Waals surface area contributed by atoms with Crippen molar-refractivity contribution in [1.29, 1.82) is 0 Å². The fourth-order valence-corrected chi connectivity index (χ4v) is 4.04. The van der Waals surface area contributed by atoms with Crippen LogP contribution in [-0.4, -0.2) is 37.2 Å². The Kier molecular flexibility index (Phi) is 5.57. The third-order valence-electron chi connectivity index (χ3n) is 5.19. The molecule has 3 heteroatoms. The number of rotatable bonds is 2. The van der Waals surface area contributed by atoms with Gasteiger partial charge in [-0.25, -0.2) is 0 Å². The highest BCUT2D eigenvalue weighted by Crippen LogP contribution is 2.38. The fourth-order valence-electron chi connectivity index (χ4n) is 4.04. The molecule has 1 saturated heterocycles. The Labute approximate surface area is 126 Å². The highest BCUT2D eigenvalue weighted by atomic mass is 15.2. The number of hydrogen-bond acceptors (Lipinski definition) is 1. The standard InChI is InChI=1S/C17H33BN2/c1-12(2)19-17-16-7-5-6-15(18)9-8-14(16)10-11-20(17)13(3)4/h12-16H,5-11,18H2,1-4H3/b19-17+. The third-order valence-corrected chi connectivity index (χ3v) is 5.19. The first-order chi connectivity index (χ1) is 9.49. The van der Waals surface area contributed by atoms with Crippen LogP contribution in [0.25, 0.3) is 0 Å². The molecule has 20 heavy (non-hydrogen) atoms. The van der Waals surface area contributed by atoms with Gasteiger partial charge in [0.1, 0.15) is 13.7 Å². The molecule has 0 N–H and O–H groups in total. The lowest BCUT2D eigenvalue weighted by atomic mass is 9.69. The predicted molar refractivity (Wildman–Crippen MR) is 91.4 cm³/mol. The minimum absolute atomic E-state index is 0.425. The average molecular weight is 276 g/mol. The molecule has 0 spiro atoms. The van der Waals surface area contributed by atoms with Crippen molar-refractivity contribution in [2.24, 2.45) is 16.8 Å². The van der Waals surface area contributed by atoms with Crippen molar-refractivity contribution in [3.63, 3.8) is 0 Å². The van der Waals surface area contributed by atoms with Crippen LogP contribution in [0.5, 0.6) is 0 Å². The number of aliphatic imine (C=N–C) groups is 1. The Balaban J connectivity index is 2.20. The molecule has 0 bridgehead atoms. The van der Waals surface area contributed by atoms with Gasteiger partial charge >= 0.3 is 0 Å². The molecule has 0 amide bonds. The van der Waals surface area contributed by atoms with Gasteiger partial charge in [-0.1, -0.05) is 31.5 Å². The monoisotopic (exact) mass is 276 g/mol. The Morgan fingerprint density at radius 3 is 2.45 bits per heavy atom. The lowest BCUT2D eigenvalue weighted by Crippen LogP contribution is -2.49. The molecule has 1 saturated carbocycles. The van der Waals surface area contributed by atoms with Gasteiger partial charge in [-0.05, 0) is 46.5 Å². The zero-order chi connectivity index (χ0) is 14.7. The first kappa shape index (κ1) is 15.9. The summed E-state index contributed by atoms with van der Waals surface area (Å²) in [5, 5.41) is 0. The fraction of sp³-hybridized carbons (Fsp3) is 0.941. The summed E-state index contributed by atoms with van der Waals surface area (Å²) in [5.41, 5.74) is 0. The molecule has 0 aromatic heterocycles. The van der Waals surface area contributed by atoms with Crippen molar-refractivity contribution in [2.45, 2.75) is 84.1 Å². The maximum absolute atomic E-state index is 5.06. The van der Waals surface area contributed by atoms with E-state index in [1.165, 1.54) is 50.9 Å². The molecule has 3 atom stereocenters. The minimum atomic E-state index is 0.425. The van der Waals surface area contributed by atoms with E-state index in [9.17, 15) is 0 Å². The van der Waals surface area contributed by atoms with Crippen LogP contribution in [0.4, 0.5) is 0 Å². The zero-order valence-corrected chi connectivity index (χ0v) is 14.2. The second-order valence-corrected chi connectivity index (χ2v) is 7.64. The van der Waals surface area contributed by atoms with Gasteiger partial charge in [0, 0.05) is 24.5 Å². The van der Waals surface area contributed by atoms with Crippen molar-refractivity contribution >= 4 is 13.7 Å². The maximum Gasteiger partial charge on any atom is 0.105 e. The van der Waals surface area contributed by atoms with E-state index in [1.54, 1.807) is 0 Å². The zero-order valence-electron chi connectivity index (χ0n) is 14.2. The first-order valence-electron chi connectivity index (χ1n) is 8.83. The molecular formula is C17H33BN2. The molecule has 1 heterocycles. The quantitative estimate of drug-likeness (QED) is 0.704. The van der Waals surface area contributed by atoms with Crippen molar-refractivity contribution in [2.75, 3.05) is 6.54 Å². The van der Waals surface area contributed by atoms with Gasteiger partial charge in [0.05, 0.1) is 0 Å². The molecular weight excluding hydrogens is 243 g/mol. The number of likely N-dealkylation sites (tertiary alicyclic amines) is 1. The summed E-state index contributed by atoms with van der Waals surface area (Å²) in [6, 6.07) is 1.02. The minimum Gasteiger partial charge on any atom is -0.358 e. The van der Waals surface area contributed by atoms with E-state index >= 15 is 0 Å². The molecule has 2 fully saturated rings. The summed E-state index contributed by atoms with van der Waals surface area (Å²) < 4.78 is 0. The third kappa shape index (κ3) is 3.80. The van der Waals surface area contributed by atoms with Gasteiger partial charge in [0.2, 0.25) is 0 Å². The number of fused-ring (bicyclic) bond motifs is 1. The van der Waals surface area contributed by atoms with Gasteiger partial charge in [-0.3, -0.25) is 4.99 Å². The largest absolute Gasteiger partial charge is 0.358 e. The highest BCUT2D eigenvalue weighted by Gasteiger charge is 2.36. The second kappa shape index (κ2) is 7.00. The molecule has 1 aliphatic heterocycles. The summed E-state index contributed by atoms with van der Waals surface area (Å²) >= 11 is 0. The molecule has 0 aromatic rings. The van der Waals surface area contributed by atoms with Crippen LogP contribution in [-0.2, 0) is 0 Å². The van der Waals surface area contributed by atoms with Crippen molar-refractivity contribution < 1.29 is 0 Å². The molecule has 114 valence electrons. The Morgan fingerprint density at radius 2 is 1.80 bits per heavy atom. The summed E-state index contributed by atoms with van der Waals surface area (Å²) in [6.07, 6.45) is 8.41. The van der Waals surface area contributed by atoms with Crippen LogP contribution in [0.2, 0.25) is 5.82 Å². The number of hydrogen-bond donors (Lipinski definition) is 0. The Hall–Kier alpha value is -0.465. The topological polar surface area (TPSA) is 15.6 Å². The highest BCUT2D eigenvalue weighted by molar-refractivity contribution is 6.11. The molecule has 0 radical (unpaired) electrons. The van der Waals surface area contributed by atoms with Crippen molar-refractivity contribution in [3.05, 3.63) is 0 Å². The summed E-state index contributed by atoms with van der Waals surface area (Å²) in [6.45, 7) is 10.3. The first-order valence-corrected chi connectivity index (χ1v) is 8.83. The van der Waals surface area contributed by atoms with Crippen LogP contribution in [0, 0.1) is 11.8 Å². The van der Waals surface area contributed by atoms with Crippen LogP contribution in [0.1, 0.15) is 66.2 Å². The smallest absolute Gasteiger partial charge is 0.105 e. The van der Waals surface area contributed by atoms with Crippen molar-refractivity contribution in [3.8, 4) is 0 Å². The van der Waals surface area contributed by atoms with Crippen LogP contribution in [0.3, 0.4) is 0 Å². The Morgan fingerprint density at radius 1 is 1.05 bits per heavy atom. The molecule has 2 aliphatic rings. The maximum atomic E-state index is 5.06. The van der Waals surface area contributed by atoms with E-state index in [0.29, 0.717) is 12.1 Å². The van der Waals surface area contributed by atoms with Gasteiger partial charge in [-0.2, -0.15) is 0 Å². The molecule has 2 rings (SSSR count). The van der Waals surface area contributed by atoms with E-state index in [-0.39, 0.29) is 0 Å². The van der Waals surface area contributed by atoms with E-state index in [2.05, 4.69) is 40.4 Å². The van der Waals surface area contributed by atoms with Gasteiger partial charge in [0.15, 0.2) is 0 Å². The van der Waals surface area contributed by atoms with Gasteiger partial charge in [0.25, 0.3) is 0 Å². The molecule has 0 aromatic carbocycles. The number of nitrogens with zero attached hydrogens (tertiary/aromatic N) is 2. The van der Waals surface area contributed by atoms with E-state index in [1.807, 2.05) is 0 Å². The van der Waals surface area contributed by atoms with Crippen molar-refractivity contribution in [1.82, 2.24) is 4.90 Å². The lowest BCUT2D eigenvalue weighted by molar-refractivity contribution is 0.196. The van der Waals surface area contributed by atoms with E-state index < -0.39 is 0 Å². The van der Waals surface area contributed by atoms with Gasteiger partial charge < -0.3 is 4.90 Å². The summed E-state index contributed by atoms with van der Waals surface area (Å²) in [5.74, 6) is 4.01. The van der Waals surface area contributed by atoms with Crippen LogP contribution >= 0.6 is 0 Å². The molecule has 1 aliphatic carbocycles. The van der Waals surface area contributed by atoms with Crippen LogP contribution < -0.4 is 0 Å². The van der Waals surface area contributed by atoms with E-state index in [4.69, 9.17) is 4.99 Å². The normalized spacial score (nSPS) is 34.2. The lowest BCUT2D eigenvalue weighted by Gasteiger charge is -2.44. The summed E-state index contributed by atoms with van der Waals surface area (Å²) in [7, 11) is 2.44. The summed E-state index contributed by atoms with van der Waals surface area (Å²) in [4.78, 5) is 7.65.